The lowest BCUT2D eigenvalue weighted by Gasteiger charge is -2.28. The molecule has 1 saturated heterocycles. The summed E-state index contributed by atoms with van der Waals surface area (Å²) < 4.78 is 10.7. The molecule has 2 aromatic carbocycles. The number of amides is 1. The van der Waals surface area contributed by atoms with E-state index in [1.807, 2.05) is 30.3 Å². The molecule has 0 spiro atoms. The first kappa shape index (κ1) is 21.6. The number of ether oxygens (including phenoxy) is 2. The number of likely N-dealkylation sites (tertiary alicyclic amines) is 1. The van der Waals surface area contributed by atoms with Crippen LogP contribution >= 0.6 is 0 Å². The van der Waals surface area contributed by atoms with Crippen LogP contribution in [0.5, 0.6) is 11.5 Å². The summed E-state index contributed by atoms with van der Waals surface area (Å²) >= 11 is 0. The summed E-state index contributed by atoms with van der Waals surface area (Å²) in [5.74, 6) is 0.0136. The quantitative estimate of drug-likeness (QED) is 0.499. The second kappa shape index (κ2) is 10.1. The van der Waals surface area contributed by atoms with Gasteiger partial charge in [-0.15, -0.1) is 0 Å². The van der Waals surface area contributed by atoms with Gasteiger partial charge in [-0.3, -0.25) is 19.8 Å². The molecule has 1 aliphatic heterocycles. The lowest BCUT2D eigenvalue weighted by molar-refractivity contribution is -0.385. The van der Waals surface area contributed by atoms with Gasteiger partial charge in [0.05, 0.1) is 30.7 Å². The van der Waals surface area contributed by atoms with Crippen LogP contribution in [0.3, 0.4) is 0 Å². The van der Waals surface area contributed by atoms with Crippen molar-refractivity contribution in [3.05, 3.63) is 63.7 Å². The van der Waals surface area contributed by atoms with Crippen molar-refractivity contribution in [3.8, 4) is 11.5 Å². The SMILES string of the molecule is CCOc1cc(C(=O)NCC(c2ccccc2)N2CCCC2)c([N+](=O)[O-])cc1OC. The Balaban J connectivity index is 1.84. The molecule has 8 nitrogen and oxygen atoms in total. The predicted octanol–water partition coefficient (Wildman–Crippen LogP) is 3.57. The number of nitrogens with zero attached hydrogens (tertiary/aromatic N) is 2. The fourth-order valence-corrected chi connectivity index (χ4v) is 3.78. The van der Waals surface area contributed by atoms with Crippen LogP contribution in [0.25, 0.3) is 0 Å². The summed E-state index contributed by atoms with van der Waals surface area (Å²) in [5, 5.41) is 14.4. The van der Waals surface area contributed by atoms with Gasteiger partial charge in [0.15, 0.2) is 11.5 Å². The number of methoxy groups -OCH3 is 1. The Hall–Kier alpha value is -3.13. The maximum Gasteiger partial charge on any atom is 0.286 e. The summed E-state index contributed by atoms with van der Waals surface area (Å²) in [6, 6.07) is 12.6. The minimum Gasteiger partial charge on any atom is -0.493 e. The van der Waals surface area contributed by atoms with Crippen LogP contribution in [0.4, 0.5) is 5.69 Å². The van der Waals surface area contributed by atoms with Gasteiger partial charge in [-0.2, -0.15) is 0 Å². The molecule has 2 aromatic rings. The van der Waals surface area contributed by atoms with Gasteiger partial charge in [-0.25, -0.2) is 0 Å². The molecule has 0 bridgehead atoms. The molecule has 1 amide bonds. The van der Waals surface area contributed by atoms with Crippen LogP contribution in [0.2, 0.25) is 0 Å². The van der Waals surface area contributed by atoms with E-state index in [1.165, 1.54) is 19.2 Å². The normalized spacial score (nSPS) is 14.9. The van der Waals surface area contributed by atoms with Gasteiger partial charge in [0.25, 0.3) is 11.6 Å². The van der Waals surface area contributed by atoms with Gasteiger partial charge in [-0.1, -0.05) is 30.3 Å². The molecule has 1 atom stereocenters. The molecule has 1 unspecified atom stereocenters. The third-order valence-corrected chi connectivity index (χ3v) is 5.24. The maximum absolute atomic E-state index is 12.9. The zero-order chi connectivity index (χ0) is 21.5. The van der Waals surface area contributed by atoms with Crippen LogP contribution < -0.4 is 14.8 Å². The second-order valence-corrected chi connectivity index (χ2v) is 7.09. The Morgan fingerprint density at radius 1 is 1.20 bits per heavy atom. The van der Waals surface area contributed by atoms with Crippen molar-refractivity contribution in [1.29, 1.82) is 0 Å². The van der Waals surface area contributed by atoms with Crippen molar-refractivity contribution in [2.24, 2.45) is 0 Å². The third kappa shape index (κ3) is 4.88. The van der Waals surface area contributed by atoms with Crippen LogP contribution in [0.1, 0.15) is 41.7 Å². The number of nitro groups is 1. The molecule has 30 heavy (non-hydrogen) atoms. The van der Waals surface area contributed by atoms with E-state index in [9.17, 15) is 14.9 Å². The Labute approximate surface area is 175 Å². The fourth-order valence-electron chi connectivity index (χ4n) is 3.78. The standard InChI is InChI=1S/C22H27N3O5/c1-3-30-21-13-17(18(25(27)28)14-20(21)29-2)22(26)23-15-19(24-11-7-8-12-24)16-9-5-4-6-10-16/h4-6,9-10,13-14,19H,3,7-8,11-12,15H2,1-2H3,(H,23,26). The molecule has 0 aliphatic carbocycles. The van der Waals surface area contributed by atoms with Crippen molar-refractivity contribution < 1.29 is 19.2 Å². The molecule has 160 valence electrons. The molecule has 1 heterocycles. The smallest absolute Gasteiger partial charge is 0.286 e. The van der Waals surface area contributed by atoms with Crippen molar-refractivity contribution in [2.75, 3.05) is 33.4 Å². The largest absolute Gasteiger partial charge is 0.493 e. The molecule has 1 aliphatic rings. The molecule has 8 heteroatoms. The Morgan fingerprint density at radius 2 is 1.90 bits per heavy atom. The van der Waals surface area contributed by atoms with Gasteiger partial charge >= 0.3 is 0 Å². The molecular formula is C22H27N3O5. The average molecular weight is 413 g/mol. The van der Waals surface area contributed by atoms with E-state index in [1.54, 1.807) is 6.92 Å². The second-order valence-electron chi connectivity index (χ2n) is 7.09. The summed E-state index contributed by atoms with van der Waals surface area (Å²) in [5.41, 5.74) is 0.752. The number of rotatable bonds is 9. The summed E-state index contributed by atoms with van der Waals surface area (Å²) in [7, 11) is 1.40. The van der Waals surface area contributed by atoms with Gasteiger partial charge in [-0.05, 0) is 38.4 Å². The molecule has 1 fully saturated rings. The highest BCUT2D eigenvalue weighted by molar-refractivity contribution is 5.99. The van der Waals surface area contributed by atoms with E-state index in [0.717, 1.165) is 31.5 Å². The minimum absolute atomic E-state index is 0.0151. The highest BCUT2D eigenvalue weighted by Crippen LogP contribution is 2.35. The first-order chi connectivity index (χ1) is 14.5. The molecule has 0 saturated carbocycles. The first-order valence-corrected chi connectivity index (χ1v) is 10.1. The average Bonchev–Trinajstić information content (AvgIpc) is 3.29. The zero-order valence-corrected chi connectivity index (χ0v) is 17.3. The lowest BCUT2D eigenvalue weighted by Crippen LogP contribution is -2.37. The van der Waals surface area contributed by atoms with E-state index >= 15 is 0 Å². The van der Waals surface area contributed by atoms with Gasteiger partial charge in [0.2, 0.25) is 0 Å². The number of benzene rings is 2. The van der Waals surface area contributed by atoms with Crippen LogP contribution in [0, 0.1) is 10.1 Å². The number of hydrogen-bond donors (Lipinski definition) is 1. The Bertz CT molecular complexity index is 882. The van der Waals surface area contributed by atoms with Gasteiger partial charge in [0, 0.05) is 12.6 Å². The van der Waals surface area contributed by atoms with Crippen LogP contribution in [-0.4, -0.2) is 49.1 Å². The summed E-state index contributed by atoms with van der Waals surface area (Å²) in [6.07, 6.45) is 2.25. The zero-order valence-electron chi connectivity index (χ0n) is 17.3. The van der Waals surface area contributed by atoms with E-state index in [2.05, 4.69) is 10.2 Å². The highest BCUT2D eigenvalue weighted by Gasteiger charge is 2.27. The van der Waals surface area contributed by atoms with Crippen molar-refractivity contribution in [1.82, 2.24) is 10.2 Å². The van der Waals surface area contributed by atoms with Gasteiger partial charge in [0.1, 0.15) is 5.56 Å². The Kier molecular flexibility index (Phi) is 7.24. The fraction of sp³-hybridized carbons (Fsp3) is 0.409. The third-order valence-electron chi connectivity index (χ3n) is 5.24. The Morgan fingerprint density at radius 3 is 2.50 bits per heavy atom. The van der Waals surface area contributed by atoms with E-state index in [4.69, 9.17) is 9.47 Å². The first-order valence-electron chi connectivity index (χ1n) is 10.1. The number of carbonyl (C=O) groups is 1. The highest BCUT2D eigenvalue weighted by atomic mass is 16.6. The topological polar surface area (TPSA) is 93.9 Å². The number of carbonyl (C=O) groups excluding carboxylic acids is 1. The van der Waals surface area contributed by atoms with Crippen LogP contribution in [0.15, 0.2) is 42.5 Å². The number of nitrogens with one attached hydrogen (secondary N) is 1. The summed E-state index contributed by atoms with van der Waals surface area (Å²) in [6.45, 7) is 4.43. The summed E-state index contributed by atoms with van der Waals surface area (Å²) in [4.78, 5) is 26.3. The van der Waals surface area contributed by atoms with E-state index in [-0.39, 0.29) is 23.0 Å². The van der Waals surface area contributed by atoms with E-state index in [0.29, 0.717) is 18.9 Å². The minimum atomic E-state index is -0.581. The lowest BCUT2D eigenvalue weighted by atomic mass is 10.0. The molecule has 1 N–H and O–H groups in total. The maximum atomic E-state index is 12.9. The molecule has 3 rings (SSSR count). The monoisotopic (exact) mass is 413 g/mol. The molecule has 0 radical (unpaired) electrons. The van der Waals surface area contributed by atoms with Crippen molar-refractivity contribution in [2.45, 2.75) is 25.8 Å². The van der Waals surface area contributed by atoms with Gasteiger partial charge < -0.3 is 14.8 Å². The number of hydrogen-bond acceptors (Lipinski definition) is 6. The predicted molar refractivity (Wildman–Crippen MR) is 113 cm³/mol. The molecule has 0 aromatic heterocycles. The molecular weight excluding hydrogens is 386 g/mol. The van der Waals surface area contributed by atoms with Crippen molar-refractivity contribution >= 4 is 11.6 Å². The number of nitro benzene ring substituents is 1. The van der Waals surface area contributed by atoms with Crippen molar-refractivity contribution in [3.63, 3.8) is 0 Å². The van der Waals surface area contributed by atoms with E-state index < -0.39 is 10.8 Å². The van der Waals surface area contributed by atoms with Crippen LogP contribution in [-0.2, 0) is 0 Å².